The summed E-state index contributed by atoms with van der Waals surface area (Å²) < 4.78 is 0. The lowest BCUT2D eigenvalue weighted by atomic mass is 10.0. The maximum Gasteiger partial charge on any atom is 0.320 e. The molecule has 0 spiro atoms. The molecule has 4 nitrogen and oxygen atoms in total. The quantitative estimate of drug-likeness (QED) is 0.854. The summed E-state index contributed by atoms with van der Waals surface area (Å²) >= 11 is 0. The standard InChI is InChI=1S/C18H25N3O/c1-19-14-15-21(18(19)22)17-9-12-20(13-10-17)11-5-8-16-6-3-2-4-7-16/h2-8,17H,9-15H2,1H3. The highest BCUT2D eigenvalue weighted by Crippen LogP contribution is 2.20. The van der Waals surface area contributed by atoms with E-state index in [0.717, 1.165) is 45.6 Å². The second-order valence-electron chi connectivity index (χ2n) is 6.24. The molecule has 0 saturated carbocycles. The van der Waals surface area contributed by atoms with Gasteiger partial charge in [-0.2, -0.15) is 0 Å². The van der Waals surface area contributed by atoms with Gasteiger partial charge >= 0.3 is 6.03 Å². The summed E-state index contributed by atoms with van der Waals surface area (Å²) in [6.07, 6.45) is 6.62. The predicted octanol–water partition coefficient (Wildman–Crippen LogP) is 2.53. The summed E-state index contributed by atoms with van der Waals surface area (Å²) in [5.74, 6) is 0. The SMILES string of the molecule is CN1CCN(C2CCN(CC=Cc3ccccc3)CC2)C1=O. The summed E-state index contributed by atoms with van der Waals surface area (Å²) in [6, 6.07) is 11.1. The maximum absolute atomic E-state index is 12.0. The van der Waals surface area contributed by atoms with Gasteiger partial charge in [-0.15, -0.1) is 0 Å². The van der Waals surface area contributed by atoms with Crippen molar-refractivity contribution in [1.82, 2.24) is 14.7 Å². The molecule has 1 aromatic carbocycles. The molecule has 118 valence electrons. The van der Waals surface area contributed by atoms with Crippen LogP contribution in [0.15, 0.2) is 36.4 Å². The average Bonchev–Trinajstić information content (AvgIpc) is 2.89. The summed E-state index contributed by atoms with van der Waals surface area (Å²) in [5.41, 5.74) is 1.25. The van der Waals surface area contributed by atoms with E-state index in [1.54, 1.807) is 0 Å². The number of carbonyl (C=O) groups excluding carboxylic acids is 1. The van der Waals surface area contributed by atoms with Crippen LogP contribution in [0.2, 0.25) is 0 Å². The molecule has 1 aromatic rings. The van der Waals surface area contributed by atoms with Crippen LogP contribution in [0.25, 0.3) is 6.08 Å². The Kier molecular flexibility index (Phi) is 4.78. The minimum absolute atomic E-state index is 0.211. The van der Waals surface area contributed by atoms with Crippen LogP contribution in [0.4, 0.5) is 4.79 Å². The maximum atomic E-state index is 12.0. The molecule has 3 rings (SSSR count). The van der Waals surface area contributed by atoms with Crippen molar-refractivity contribution in [2.24, 2.45) is 0 Å². The van der Waals surface area contributed by atoms with E-state index in [4.69, 9.17) is 0 Å². The highest BCUT2D eigenvalue weighted by atomic mass is 16.2. The Morgan fingerprint density at radius 3 is 2.45 bits per heavy atom. The third-order valence-electron chi connectivity index (χ3n) is 4.72. The Morgan fingerprint density at radius 2 is 1.82 bits per heavy atom. The minimum Gasteiger partial charge on any atom is -0.326 e. The molecule has 2 aliphatic rings. The molecule has 0 radical (unpaired) electrons. The Morgan fingerprint density at radius 1 is 1.09 bits per heavy atom. The molecule has 0 unspecified atom stereocenters. The van der Waals surface area contributed by atoms with Gasteiger partial charge in [0.2, 0.25) is 0 Å². The molecule has 2 aliphatic heterocycles. The van der Waals surface area contributed by atoms with Crippen molar-refractivity contribution in [3.05, 3.63) is 42.0 Å². The summed E-state index contributed by atoms with van der Waals surface area (Å²) in [4.78, 5) is 18.4. The third kappa shape index (κ3) is 3.50. The molecule has 0 bridgehead atoms. The van der Waals surface area contributed by atoms with Crippen LogP contribution in [0.1, 0.15) is 18.4 Å². The van der Waals surface area contributed by atoms with Crippen molar-refractivity contribution in [2.45, 2.75) is 18.9 Å². The monoisotopic (exact) mass is 299 g/mol. The van der Waals surface area contributed by atoms with E-state index in [9.17, 15) is 4.79 Å². The molecule has 4 heteroatoms. The summed E-state index contributed by atoms with van der Waals surface area (Å²) in [6.45, 7) is 4.93. The van der Waals surface area contributed by atoms with Crippen LogP contribution in [-0.2, 0) is 0 Å². The first-order valence-corrected chi connectivity index (χ1v) is 8.20. The van der Waals surface area contributed by atoms with Gasteiger partial charge in [0.25, 0.3) is 0 Å². The zero-order chi connectivity index (χ0) is 15.4. The number of benzene rings is 1. The first kappa shape index (κ1) is 15.1. The Labute approximate surface area is 133 Å². The zero-order valence-electron chi connectivity index (χ0n) is 13.3. The fourth-order valence-corrected chi connectivity index (χ4v) is 3.32. The normalized spacial score (nSPS) is 21.2. The van der Waals surface area contributed by atoms with Crippen molar-refractivity contribution in [3.63, 3.8) is 0 Å². The Bertz CT molecular complexity index is 520. The number of hydrogen-bond acceptors (Lipinski definition) is 2. The molecule has 22 heavy (non-hydrogen) atoms. The lowest BCUT2D eigenvalue weighted by Gasteiger charge is -2.35. The van der Waals surface area contributed by atoms with Crippen molar-refractivity contribution >= 4 is 12.1 Å². The van der Waals surface area contributed by atoms with Crippen LogP contribution in [0.5, 0.6) is 0 Å². The van der Waals surface area contributed by atoms with E-state index < -0.39 is 0 Å². The highest BCUT2D eigenvalue weighted by molar-refractivity contribution is 5.76. The Balaban J connectivity index is 1.44. The zero-order valence-corrected chi connectivity index (χ0v) is 13.3. The summed E-state index contributed by atoms with van der Waals surface area (Å²) in [5, 5.41) is 0. The number of piperidine rings is 1. The van der Waals surface area contributed by atoms with Gasteiger partial charge in [-0.05, 0) is 18.4 Å². The molecule has 0 atom stereocenters. The highest BCUT2D eigenvalue weighted by Gasteiger charge is 2.33. The second kappa shape index (κ2) is 6.97. The molecule has 2 saturated heterocycles. The molecular weight excluding hydrogens is 274 g/mol. The van der Waals surface area contributed by atoms with E-state index in [-0.39, 0.29) is 6.03 Å². The largest absolute Gasteiger partial charge is 0.326 e. The van der Waals surface area contributed by atoms with E-state index in [1.165, 1.54) is 5.56 Å². The van der Waals surface area contributed by atoms with Gasteiger partial charge in [-0.3, -0.25) is 4.90 Å². The number of rotatable bonds is 4. The van der Waals surface area contributed by atoms with Gasteiger partial charge in [-0.25, -0.2) is 4.79 Å². The summed E-state index contributed by atoms with van der Waals surface area (Å²) in [7, 11) is 1.89. The van der Waals surface area contributed by atoms with Crippen LogP contribution in [0.3, 0.4) is 0 Å². The molecule has 0 aliphatic carbocycles. The van der Waals surface area contributed by atoms with Crippen molar-refractivity contribution in [3.8, 4) is 0 Å². The number of nitrogens with zero attached hydrogens (tertiary/aromatic N) is 3. The number of hydrogen-bond donors (Lipinski definition) is 0. The van der Waals surface area contributed by atoms with Crippen LogP contribution < -0.4 is 0 Å². The van der Waals surface area contributed by atoms with Crippen LogP contribution in [0, 0.1) is 0 Å². The number of amides is 2. The molecule has 2 fully saturated rings. The van der Waals surface area contributed by atoms with Gasteiger partial charge in [0, 0.05) is 45.8 Å². The lowest BCUT2D eigenvalue weighted by Crippen LogP contribution is -2.46. The first-order chi connectivity index (χ1) is 10.7. The van der Waals surface area contributed by atoms with Crippen molar-refractivity contribution in [1.29, 1.82) is 0 Å². The lowest BCUT2D eigenvalue weighted by molar-refractivity contribution is 0.137. The number of urea groups is 1. The van der Waals surface area contributed by atoms with Gasteiger partial charge in [0.15, 0.2) is 0 Å². The minimum atomic E-state index is 0.211. The molecule has 0 aromatic heterocycles. The average molecular weight is 299 g/mol. The van der Waals surface area contributed by atoms with Crippen molar-refractivity contribution in [2.75, 3.05) is 39.8 Å². The topological polar surface area (TPSA) is 26.8 Å². The van der Waals surface area contributed by atoms with Crippen molar-refractivity contribution < 1.29 is 4.79 Å². The Hall–Kier alpha value is -1.81. The van der Waals surface area contributed by atoms with E-state index >= 15 is 0 Å². The number of carbonyl (C=O) groups is 1. The fourth-order valence-electron chi connectivity index (χ4n) is 3.32. The van der Waals surface area contributed by atoms with Gasteiger partial charge in [-0.1, -0.05) is 42.5 Å². The van der Waals surface area contributed by atoms with E-state index in [0.29, 0.717) is 6.04 Å². The molecular formula is C18H25N3O. The number of likely N-dealkylation sites (tertiary alicyclic amines) is 1. The van der Waals surface area contributed by atoms with Gasteiger partial charge in [0.1, 0.15) is 0 Å². The third-order valence-corrected chi connectivity index (χ3v) is 4.72. The van der Waals surface area contributed by atoms with Gasteiger partial charge in [0.05, 0.1) is 0 Å². The van der Waals surface area contributed by atoms with E-state index in [1.807, 2.05) is 18.0 Å². The molecule has 0 N–H and O–H groups in total. The predicted molar refractivity (Wildman–Crippen MR) is 89.7 cm³/mol. The smallest absolute Gasteiger partial charge is 0.320 e. The van der Waals surface area contributed by atoms with Crippen LogP contribution >= 0.6 is 0 Å². The first-order valence-electron chi connectivity index (χ1n) is 8.20. The van der Waals surface area contributed by atoms with Crippen LogP contribution in [-0.4, -0.2) is 66.5 Å². The fraction of sp³-hybridized carbons (Fsp3) is 0.500. The molecule has 2 heterocycles. The van der Waals surface area contributed by atoms with E-state index in [2.05, 4.69) is 46.2 Å². The van der Waals surface area contributed by atoms with Gasteiger partial charge < -0.3 is 9.80 Å². The molecule has 2 amide bonds. The second-order valence-corrected chi connectivity index (χ2v) is 6.24. The number of likely N-dealkylation sites (N-methyl/N-ethyl adjacent to an activating group) is 1.